The summed E-state index contributed by atoms with van der Waals surface area (Å²) in [6, 6.07) is 2.45. The quantitative estimate of drug-likeness (QED) is 0.833. The van der Waals surface area contributed by atoms with Crippen LogP contribution in [0, 0.1) is 5.82 Å². The van der Waals surface area contributed by atoms with Crippen LogP contribution >= 0.6 is 10.7 Å². The molecule has 0 radical (unpaired) electrons. The lowest BCUT2D eigenvalue weighted by Gasteiger charge is -2.06. The number of aromatic hydroxyl groups is 1. The van der Waals surface area contributed by atoms with Crippen molar-refractivity contribution in [2.75, 3.05) is 7.11 Å². The van der Waals surface area contributed by atoms with Crippen molar-refractivity contribution in [3.8, 4) is 11.5 Å². The van der Waals surface area contributed by atoms with Crippen LogP contribution in [-0.2, 0) is 14.8 Å². The fraction of sp³-hybridized carbons (Fsp3) is 0.250. The second kappa shape index (κ2) is 4.24. The number of rotatable bonds is 3. The van der Waals surface area contributed by atoms with E-state index in [0.717, 1.165) is 0 Å². The minimum atomic E-state index is -3.86. The second-order valence-electron chi connectivity index (χ2n) is 2.77. The molecule has 0 saturated carbocycles. The lowest BCUT2D eigenvalue weighted by Crippen LogP contribution is -1.99. The Kier molecular flexibility index (Phi) is 3.41. The Morgan fingerprint density at radius 3 is 2.60 bits per heavy atom. The molecule has 0 unspecified atom stereocenters. The molecule has 1 rings (SSSR count). The van der Waals surface area contributed by atoms with Crippen molar-refractivity contribution in [3.05, 3.63) is 23.5 Å². The van der Waals surface area contributed by atoms with Crippen molar-refractivity contribution < 1.29 is 22.7 Å². The molecule has 0 saturated heterocycles. The minimum absolute atomic E-state index is 0.0665. The lowest BCUT2D eigenvalue weighted by molar-refractivity contribution is 0.356. The fourth-order valence-electron chi connectivity index (χ4n) is 1.05. The van der Waals surface area contributed by atoms with Crippen molar-refractivity contribution in [3.63, 3.8) is 0 Å². The third-order valence-electron chi connectivity index (χ3n) is 1.71. The number of ether oxygens (including phenoxy) is 1. The first-order valence-corrected chi connectivity index (χ1v) is 6.29. The molecule has 0 spiro atoms. The Bertz CT molecular complexity index is 472. The summed E-state index contributed by atoms with van der Waals surface area (Å²) in [5, 5.41) is 9.24. The molecule has 84 valence electrons. The van der Waals surface area contributed by atoms with E-state index in [1.807, 2.05) is 0 Å². The van der Waals surface area contributed by atoms with Gasteiger partial charge in [0.25, 0.3) is 0 Å². The average Bonchev–Trinajstić information content (AvgIpc) is 2.11. The molecule has 1 N–H and O–H groups in total. The van der Waals surface area contributed by atoms with E-state index >= 15 is 0 Å². The largest absolute Gasteiger partial charge is 0.502 e. The van der Waals surface area contributed by atoms with Crippen molar-refractivity contribution >= 4 is 19.7 Å². The monoisotopic (exact) mass is 254 g/mol. The first kappa shape index (κ1) is 12.1. The van der Waals surface area contributed by atoms with E-state index in [-0.39, 0.29) is 11.3 Å². The minimum Gasteiger partial charge on any atom is -0.502 e. The smallest absolute Gasteiger partial charge is 0.236 e. The number of hydrogen-bond donors (Lipinski definition) is 1. The number of methoxy groups -OCH3 is 1. The molecule has 0 aliphatic heterocycles. The highest BCUT2D eigenvalue weighted by Gasteiger charge is 2.17. The van der Waals surface area contributed by atoms with Gasteiger partial charge in [-0.2, -0.15) is 0 Å². The lowest BCUT2D eigenvalue weighted by atomic mass is 10.2. The van der Waals surface area contributed by atoms with E-state index in [1.54, 1.807) is 0 Å². The van der Waals surface area contributed by atoms with Crippen LogP contribution in [0.3, 0.4) is 0 Å². The molecule has 1 aromatic carbocycles. The summed E-state index contributed by atoms with van der Waals surface area (Å²) in [4.78, 5) is 0. The second-order valence-corrected chi connectivity index (χ2v) is 5.55. The summed E-state index contributed by atoms with van der Waals surface area (Å²) in [5.41, 5.74) is -0.205. The first-order chi connectivity index (χ1) is 6.85. The highest BCUT2D eigenvalue weighted by molar-refractivity contribution is 8.13. The summed E-state index contributed by atoms with van der Waals surface area (Å²) in [5.74, 6) is -2.52. The van der Waals surface area contributed by atoms with Crippen molar-refractivity contribution in [2.45, 2.75) is 5.75 Å². The van der Waals surface area contributed by atoms with Gasteiger partial charge in [-0.15, -0.1) is 0 Å². The molecule has 1 aromatic rings. The molecule has 0 heterocycles. The van der Waals surface area contributed by atoms with E-state index in [4.69, 9.17) is 10.7 Å². The SMILES string of the molecule is COc1ccc(CS(=O)(=O)Cl)c(F)c1O. The van der Waals surface area contributed by atoms with Crippen LogP contribution in [0.25, 0.3) is 0 Å². The average molecular weight is 255 g/mol. The van der Waals surface area contributed by atoms with Crippen LogP contribution in [0.4, 0.5) is 4.39 Å². The number of benzene rings is 1. The van der Waals surface area contributed by atoms with E-state index in [0.29, 0.717) is 0 Å². The molecule has 0 bridgehead atoms. The van der Waals surface area contributed by atoms with Crippen LogP contribution < -0.4 is 4.74 Å². The van der Waals surface area contributed by atoms with Crippen LogP contribution in [0.5, 0.6) is 11.5 Å². The summed E-state index contributed by atoms with van der Waals surface area (Å²) >= 11 is 0. The summed E-state index contributed by atoms with van der Waals surface area (Å²) in [7, 11) is 2.36. The van der Waals surface area contributed by atoms with Crippen LogP contribution in [0.2, 0.25) is 0 Å². The zero-order valence-corrected chi connectivity index (χ0v) is 9.27. The molecule has 0 atom stereocenters. The van der Waals surface area contributed by atoms with Gasteiger partial charge in [0.1, 0.15) is 0 Å². The van der Waals surface area contributed by atoms with Gasteiger partial charge in [-0.05, 0) is 6.07 Å². The maximum Gasteiger partial charge on any atom is 0.236 e. The molecule has 0 fully saturated rings. The summed E-state index contributed by atoms with van der Waals surface area (Å²) in [6.45, 7) is 0. The van der Waals surface area contributed by atoms with Crippen LogP contribution in [0.15, 0.2) is 12.1 Å². The molecule has 0 aromatic heterocycles. The predicted octanol–water partition coefficient (Wildman–Crippen LogP) is 1.61. The van der Waals surface area contributed by atoms with Crippen molar-refractivity contribution in [1.82, 2.24) is 0 Å². The molecule has 15 heavy (non-hydrogen) atoms. The molecule has 0 amide bonds. The van der Waals surface area contributed by atoms with Gasteiger partial charge in [0.05, 0.1) is 12.9 Å². The van der Waals surface area contributed by atoms with Crippen LogP contribution in [-0.4, -0.2) is 20.6 Å². The maximum atomic E-state index is 13.3. The Morgan fingerprint density at radius 2 is 2.13 bits per heavy atom. The van der Waals surface area contributed by atoms with Crippen LogP contribution in [0.1, 0.15) is 5.56 Å². The Morgan fingerprint density at radius 1 is 1.53 bits per heavy atom. The maximum absolute atomic E-state index is 13.3. The standard InChI is InChI=1S/C8H8ClFO4S/c1-14-6-3-2-5(4-15(9,12)13)7(10)8(6)11/h2-3,11H,4H2,1H3. The molecular formula is C8H8ClFO4S. The Balaban J connectivity index is 3.18. The third kappa shape index (κ3) is 2.97. The van der Waals surface area contributed by atoms with E-state index < -0.39 is 26.4 Å². The number of phenols is 1. The fourth-order valence-corrected chi connectivity index (χ4v) is 2.00. The van der Waals surface area contributed by atoms with Gasteiger partial charge in [0.15, 0.2) is 17.3 Å². The Labute approximate surface area is 90.7 Å². The molecule has 7 heteroatoms. The van der Waals surface area contributed by atoms with Gasteiger partial charge in [0, 0.05) is 16.2 Å². The van der Waals surface area contributed by atoms with Gasteiger partial charge in [-0.25, -0.2) is 12.8 Å². The summed E-state index contributed by atoms with van der Waals surface area (Å²) < 4.78 is 39.4. The zero-order chi connectivity index (χ0) is 11.6. The summed E-state index contributed by atoms with van der Waals surface area (Å²) in [6.07, 6.45) is 0. The normalized spacial score (nSPS) is 11.4. The Hall–Kier alpha value is -1.01. The first-order valence-electron chi connectivity index (χ1n) is 3.82. The van der Waals surface area contributed by atoms with Gasteiger partial charge in [-0.3, -0.25) is 0 Å². The van der Waals surface area contributed by atoms with Gasteiger partial charge in [0.2, 0.25) is 9.05 Å². The molecule has 4 nitrogen and oxygen atoms in total. The zero-order valence-electron chi connectivity index (χ0n) is 7.70. The highest BCUT2D eigenvalue weighted by atomic mass is 35.7. The predicted molar refractivity (Wildman–Crippen MR) is 53.1 cm³/mol. The van der Waals surface area contributed by atoms with E-state index in [2.05, 4.69) is 4.74 Å². The van der Waals surface area contributed by atoms with E-state index in [9.17, 15) is 17.9 Å². The number of phenolic OH excluding ortho intramolecular Hbond substituents is 1. The number of hydrogen-bond acceptors (Lipinski definition) is 4. The third-order valence-corrected chi connectivity index (χ3v) is 2.69. The van der Waals surface area contributed by atoms with Gasteiger partial charge >= 0.3 is 0 Å². The van der Waals surface area contributed by atoms with Gasteiger partial charge in [-0.1, -0.05) is 6.07 Å². The molecular weight excluding hydrogens is 247 g/mol. The van der Waals surface area contributed by atoms with Crippen molar-refractivity contribution in [2.24, 2.45) is 0 Å². The highest BCUT2D eigenvalue weighted by Crippen LogP contribution is 2.31. The van der Waals surface area contributed by atoms with Gasteiger partial charge < -0.3 is 9.84 Å². The number of halogens is 2. The topological polar surface area (TPSA) is 63.6 Å². The van der Waals surface area contributed by atoms with E-state index in [1.165, 1.54) is 19.2 Å². The molecule has 0 aliphatic rings. The molecule has 0 aliphatic carbocycles. The van der Waals surface area contributed by atoms with Crippen molar-refractivity contribution in [1.29, 1.82) is 0 Å².